The molecule has 0 spiro atoms. The number of nitrogens with zero attached hydrogens (tertiary/aromatic N) is 1. The Kier molecular flexibility index (Phi) is 7.96. The molecular formula is C30H24ClFN2O3S. The predicted molar refractivity (Wildman–Crippen MR) is 149 cm³/mol. The van der Waals surface area contributed by atoms with Gasteiger partial charge in [0.15, 0.2) is 0 Å². The molecule has 4 aromatic carbocycles. The first kappa shape index (κ1) is 25.8. The Bertz CT molecular complexity index is 1420. The van der Waals surface area contributed by atoms with Crippen LogP contribution in [-0.4, -0.2) is 28.5 Å². The van der Waals surface area contributed by atoms with Crippen LogP contribution in [-0.2, 0) is 11.4 Å². The highest BCUT2D eigenvalue weighted by Crippen LogP contribution is 2.43. The van der Waals surface area contributed by atoms with Crippen molar-refractivity contribution in [1.29, 1.82) is 0 Å². The number of carbonyl (C=O) groups is 2. The third-order valence-corrected chi connectivity index (χ3v) is 7.75. The highest BCUT2D eigenvalue weighted by atomic mass is 35.5. The van der Waals surface area contributed by atoms with Crippen LogP contribution in [0.25, 0.3) is 0 Å². The van der Waals surface area contributed by atoms with Crippen LogP contribution in [0.5, 0.6) is 5.75 Å². The summed E-state index contributed by atoms with van der Waals surface area (Å²) in [7, 11) is 0. The molecule has 0 saturated carbocycles. The molecule has 5 rings (SSSR count). The molecule has 1 aliphatic rings. The largest absolute Gasteiger partial charge is 0.489 e. The Balaban J connectivity index is 1.38. The zero-order valence-electron chi connectivity index (χ0n) is 20.2. The van der Waals surface area contributed by atoms with Gasteiger partial charge < -0.3 is 15.0 Å². The van der Waals surface area contributed by atoms with E-state index in [1.807, 2.05) is 54.6 Å². The van der Waals surface area contributed by atoms with Gasteiger partial charge in [-0.05, 0) is 59.7 Å². The van der Waals surface area contributed by atoms with E-state index in [4.69, 9.17) is 16.3 Å². The van der Waals surface area contributed by atoms with Gasteiger partial charge in [0, 0.05) is 16.3 Å². The van der Waals surface area contributed by atoms with E-state index >= 15 is 0 Å². The molecule has 1 fully saturated rings. The smallest absolute Gasteiger partial charge is 0.255 e. The number of halogens is 2. The molecule has 1 N–H and O–H groups in total. The second-order valence-electron chi connectivity index (χ2n) is 8.73. The second kappa shape index (κ2) is 11.7. The van der Waals surface area contributed by atoms with Gasteiger partial charge >= 0.3 is 0 Å². The highest BCUT2D eigenvalue weighted by molar-refractivity contribution is 7.99. The van der Waals surface area contributed by atoms with Crippen LogP contribution in [0.15, 0.2) is 103 Å². The second-order valence-corrected chi connectivity index (χ2v) is 10.3. The summed E-state index contributed by atoms with van der Waals surface area (Å²) in [5.74, 6) is -0.240. The highest BCUT2D eigenvalue weighted by Gasteiger charge is 2.42. The number of benzene rings is 4. The standard InChI is InChI=1S/C30H24ClFN2O3S/c31-23-14-10-21(11-15-23)29(36)34-27(28(35)33-26-9-5-4-8-25(26)32)19-38-30(34)22-12-16-24(17-13-22)37-18-20-6-2-1-3-7-20/h1-17,27,30H,18-19H2,(H,33,35). The number of hydrogen-bond acceptors (Lipinski definition) is 4. The van der Waals surface area contributed by atoms with Crippen LogP contribution in [0.2, 0.25) is 5.02 Å². The monoisotopic (exact) mass is 546 g/mol. The number of nitrogens with one attached hydrogen (secondary N) is 1. The molecule has 1 aliphatic heterocycles. The molecular weight excluding hydrogens is 523 g/mol. The van der Waals surface area contributed by atoms with E-state index in [1.54, 1.807) is 41.3 Å². The summed E-state index contributed by atoms with van der Waals surface area (Å²) >= 11 is 7.50. The number of anilines is 1. The molecule has 4 aromatic rings. The van der Waals surface area contributed by atoms with Gasteiger partial charge in [0.1, 0.15) is 29.6 Å². The maximum absolute atomic E-state index is 14.2. The molecule has 0 aromatic heterocycles. The zero-order valence-corrected chi connectivity index (χ0v) is 21.8. The molecule has 2 amide bonds. The number of amides is 2. The lowest BCUT2D eigenvalue weighted by atomic mass is 10.1. The van der Waals surface area contributed by atoms with E-state index in [1.165, 1.54) is 23.9 Å². The van der Waals surface area contributed by atoms with Crippen molar-refractivity contribution < 1.29 is 18.7 Å². The first-order valence-corrected chi connectivity index (χ1v) is 13.4. The molecule has 8 heteroatoms. The van der Waals surface area contributed by atoms with Gasteiger partial charge in [0.2, 0.25) is 5.91 Å². The summed E-state index contributed by atoms with van der Waals surface area (Å²) in [5, 5.41) is 2.74. The fraction of sp³-hybridized carbons (Fsp3) is 0.133. The van der Waals surface area contributed by atoms with Crippen molar-refractivity contribution in [3.05, 3.63) is 131 Å². The number of rotatable bonds is 7. The number of hydrogen-bond donors (Lipinski definition) is 1. The van der Waals surface area contributed by atoms with E-state index in [-0.39, 0.29) is 11.6 Å². The van der Waals surface area contributed by atoms with Gasteiger partial charge in [-0.25, -0.2) is 4.39 Å². The normalized spacial score (nSPS) is 16.7. The van der Waals surface area contributed by atoms with Crippen LogP contribution in [0, 0.1) is 5.82 Å². The molecule has 1 saturated heterocycles. The van der Waals surface area contributed by atoms with Gasteiger partial charge in [0.25, 0.3) is 5.91 Å². The van der Waals surface area contributed by atoms with Crippen LogP contribution < -0.4 is 10.1 Å². The van der Waals surface area contributed by atoms with Crippen molar-refractivity contribution in [3.8, 4) is 5.75 Å². The SMILES string of the molecule is O=C(Nc1ccccc1F)C1CSC(c2ccc(OCc3ccccc3)cc2)N1C(=O)c1ccc(Cl)cc1. The molecule has 5 nitrogen and oxygen atoms in total. The number of carbonyl (C=O) groups excluding carboxylic acids is 2. The number of para-hydroxylation sites is 1. The third-order valence-electron chi connectivity index (χ3n) is 6.17. The predicted octanol–water partition coefficient (Wildman–Crippen LogP) is 6.95. The van der Waals surface area contributed by atoms with Crippen molar-refractivity contribution in [1.82, 2.24) is 4.90 Å². The quantitative estimate of drug-likeness (QED) is 0.272. The Hall–Kier alpha value is -3.81. The Morgan fingerprint density at radius 1 is 0.921 bits per heavy atom. The fourth-order valence-corrected chi connectivity index (χ4v) is 5.76. The van der Waals surface area contributed by atoms with Crippen molar-refractivity contribution in [3.63, 3.8) is 0 Å². The maximum atomic E-state index is 14.2. The van der Waals surface area contributed by atoms with E-state index in [0.29, 0.717) is 28.7 Å². The maximum Gasteiger partial charge on any atom is 0.255 e. The summed E-state index contributed by atoms with van der Waals surface area (Å²) in [4.78, 5) is 28.5. The summed E-state index contributed by atoms with van der Waals surface area (Å²) in [6, 6.07) is 29.1. The van der Waals surface area contributed by atoms with Crippen LogP contribution in [0.1, 0.15) is 26.9 Å². The summed E-state index contributed by atoms with van der Waals surface area (Å²) in [6.07, 6.45) is 0. The van der Waals surface area contributed by atoms with E-state index in [0.717, 1.165) is 11.1 Å². The van der Waals surface area contributed by atoms with Gasteiger partial charge in [-0.3, -0.25) is 9.59 Å². The lowest BCUT2D eigenvalue weighted by Gasteiger charge is -2.29. The average molecular weight is 547 g/mol. The molecule has 2 atom stereocenters. The van der Waals surface area contributed by atoms with Gasteiger partial charge in [-0.1, -0.05) is 66.2 Å². The van der Waals surface area contributed by atoms with Crippen LogP contribution in [0.4, 0.5) is 10.1 Å². The summed E-state index contributed by atoms with van der Waals surface area (Å²) in [5.41, 5.74) is 2.40. The number of thioether (sulfide) groups is 1. The van der Waals surface area contributed by atoms with Gasteiger partial charge in [-0.15, -0.1) is 11.8 Å². The van der Waals surface area contributed by atoms with Gasteiger partial charge in [0.05, 0.1) is 5.69 Å². The zero-order chi connectivity index (χ0) is 26.5. The van der Waals surface area contributed by atoms with E-state index < -0.39 is 23.1 Å². The lowest BCUT2D eigenvalue weighted by molar-refractivity contribution is -0.119. The molecule has 2 unspecified atom stereocenters. The topological polar surface area (TPSA) is 58.6 Å². The Labute approximate surface area is 229 Å². The first-order chi connectivity index (χ1) is 18.5. The summed E-state index contributed by atoms with van der Waals surface area (Å²) < 4.78 is 20.1. The van der Waals surface area contributed by atoms with Gasteiger partial charge in [-0.2, -0.15) is 0 Å². The van der Waals surface area contributed by atoms with E-state index in [2.05, 4.69) is 5.32 Å². The minimum Gasteiger partial charge on any atom is -0.489 e. The fourth-order valence-electron chi connectivity index (χ4n) is 4.20. The van der Waals surface area contributed by atoms with Crippen molar-refractivity contribution in [2.24, 2.45) is 0 Å². The molecule has 0 aliphatic carbocycles. The first-order valence-electron chi connectivity index (χ1n) is 12.0. The summed E-state index contributed by atoms with van der Waals surface area (Å²) in [6.45, 7) is 0.442. The van der Waals surface area contributed by atoms with Crippen LogP contribution in [0.3, 0.4) is 0 Å². The minimum atomic E-state index is -0.804. The molecule has 38 heavy (non-hydrogen) atoms. The van der Waals surface area contributed by atoms with E-state index in [9.17, 15) is 14.0 Å². The Morgan fingerprint density at radius 2 is 1.61 bits per heavy atom. The molecule has 0 bridgehead atoms. The average Bonchev–Trinajstić information content (AvgIpc) is 3.39. The molecule has 0 radical (unpaired) electrons. The minimum absolute atomic E-state index is 0.0739. The molecule has 1 heterocycles. The number of ether oxygens (including phenoxy) is 1. The lowest BCUT2D eigenvalue weighted by Crippen LogP contribution is -2.45. The Morgan fingerprint density at radius 3 is 2.32 bits per heavy atom. The van der Waals surface area contributed by atoms with Crippen molar-refractivity contribution >= 4 is 40.9 Å². The molecule has 192 valence electrons. The van der Waals surface area contributed by atoms with Crippen molar-refractivity contribution in [2.45, 2.75) is 18.0 Å². The third kappa shape index (κ3) is 5.85. The van der Waals surface area contributed by atoms with Crippen LogP contribution >= 0.6 is 23.4 Å². The van der Waals surface area contributed by atoms with Crippen molar-refractivity contribution in [2.75, 3.05) is 11.1 Å².